The molecule has 0 saturated carbocycles. The number of rotatable bonds is 6. The Balaban J connectivity index is 2.46. The molecule has 1 rings (SSSR count). The van der Waals surface area contributed by atoms with Gasteiger partial charge in [-0.25, -0.2) is 0 Å². The van der Waals surface area contributed by atoms with E-state index >= 15 is 0 Å². The van der Waals surface area contributed by atoms with Crippen molar-refractivity contribution in [2.45, 2.75) is 12.8 Å². The van der Waals surface area contributed by atoms with E-state index in [2.05, 4.69) is 12.6 Å². The summed E-state index contributed by atoms with van der Waals surface area (Å²) in [6.07, 6.45) is 1.34. The molecule has 0 aliphatic rings. The summed E-state index contributed by atoms with van der Waals surface area (Å²) in [7, 11) is 3.48. The molecular formula is C13H19NO2S. The number of thiol groups is 1. The maximum absolute atomic E-state index is 11.5. The van der Waals surface area contributed by atoms with E-state index in [1.54, 1.807) is 12.0 Å². The molecule has 0 atom stereocenters. The third kappa shape index (κ3) is 4.69. The summed E-state index contributed by atoms with van der Waals surface area (Å²) in [5.74, 6) is 1.59. The normalized spacial score (nSPS) is 10.1. The number of carbonyl (C=O) groups is 1. The first-order valence-corrected chi connectivity index (χ1v) is 6.28. The van der Waals surface area contributed by atoms with E-state index in [1.807, 2.05) is 31.3 Å². The third-order valence-electron chi connectivity index (χ3n) is 2.62. The fourth-order valence-electron chi connectivity index (χ4n) is 1.54. The lowest BCUT2D eigenvalue weighted by Crippen LogP contribution is -2.28. The number of hydrogen-bond acceptors (Lipinski definition) is 3. The van der Waals surface area contributed by atoms with Crippen molar-refractivity contribution in [2.75, 3.05) is 26.5 Å². The molecule has 4 heteroatoms. The average Bonchev–Trinajstić information content (AvgIpc) is 2.36. The zero-order chi connectivity index (χ0) is 12.7. The molecule has 0 bridgehead atoms. The number of ether oxygens (including phenoxy) is 1. The Bertz CT molecular complexity index is 368. The van der Waals surface area contributed by atoms with Gasteiger partial charge < -0.3 is 9.64 Å². The predicted octanol–water partition coefficient (Wildman–Crippen LogP) is 2.02. The predicted molar refractivity (Wildman–Crippen MR) is 72.8 cm³/mol. The van der Waals surface area contributed by atoms with Gasteiger partial charge >= 0.3 is 0 Å². The van der Waals surface area contributed by atoms with Crippen LogP contribution in [0.25, 0.3) is 0 Å². The van der Waals surface area contributed by atoms with Crippen LogP contribution in [-0.4, -0.2) is 37.3 Å². The topological polar surface area (TPSA) is 29.5 Å². The molecule has 0 spiro atoms. The number of carbonyl (C=O) groups excluding carboxylic acids is 1. The fourth-order valence-corrected chi connectivity index (χ4v) is 1.73. The minimum atomic E-state index is 0.142. The molecule has 0 aromatic heterocycles. The van der Waals surface area contributed by atoms with E-state index < -0.39 is 0 Å². The molecule has 17 heavy (non-hydrogen) atoms. The maximum Gasteiger partial charge on any atom is 0.223 e. The van der Waals surface area contributed by atoms with Gasteiger partial charge in [-0.1, -0.05) is 12.1 Å². The lowest BCUT2D eigenvalue weighted by molar-refractivity contribution is -0.129. The second-order valence-corrected chi connectivity index (χ2v) is 4.34. The van der Waals surface area contributed by atoms with Crippen molar-refractivity contribution in [1.29, 1.82) is 0 Å². The van der Waals surface area contributed by atoms with Gasteiger partial charge in [-0.15, -0.1) is 0 Å². The van der Waals surface area contributed by atoms with Gasteiger partial charge in [0, 0.05) is 20.0 Å². The highest BCUT2D eigenvalue weighted by Crippen LogP contribution is 2.13. The third-order valence-corrected chi connectivity index (χ3v) is 2.85. The minimum absolute atomic E-state index is 0.142. The second kappa shape index (κ2) is 7.22. The van der Waals surface area contributed by atoms with Crippen LogP contribution in [0.1, 0.15) is 12.0 Å². The van der Waals surface area contributed by atoms with E-state index in [0.717, 1.165) is 18.7 Å². The smallest absolute Gasteiger partial charge is 0.223 e. The van der Waals surface area contributed by atoms with Crippen molar-refractivity contribution < 1.29 is 9.53 Å². The SMILES string of the molecule is COc1cccc(CCN(C)C(=O)CCS)c1. The van der Waals surface area contributed by atoms with Crippen molar-refractivity contribution >= 4 is 18.5 Å². The Hall–Kier alpha value is -1.16. The van der Waals surface area contributed by atoms with Crippen LogP contribution >= 0.6 is 12.6 Å². The molecule has 1 aromatic carbocycles. The zero-order valence-electron chi connectivity index (χ0n) is 10.3. The minimum Gasteiger partial charge on any atom is -0.497 e. The van der Waals surface area contributed by atoms with Crippen LogP contribution in [0.15, 0.2) is 24.3 Å². The number of methoxy groups -OCH3 is 1. The highest BCUT2D eigenvalue weighted by molar-refractivity contribution is 7.80. The van der Waals surface area contributed by atoms with Gasteiger partial charge in [0.05, 0.1) is 7.11 Å². The van der Waals surface area contributed by atoms with Crippen LogP contribution in [0.3, 0.4) is 0 Å². The summed E-state index contributed by atoms with van der Waals surface area (Å²) in [6, 6.07) is 7.92. The summed E-state index contributed by atoms with van der Waals surface area (Å²) in [5.41, 5.74) is 1.18. The van der Waals surface area contributed by atoms with Crippen LogP contribution < -0.4 is 4.74 Å². The van der Waals surface area contributed by atoms with Gasteiger partial charge in [-0.3, -0.25) is 4.79 Å². The molecular weight excluding hydrogens is 234 g/mol. The Kier molecular flexibility index (Phi) is 5.91. The highest BCUT2D eigenvalue weighted by atomic mass is 32.1. The molecule has 94 valence electrons. The Morgan fingerprint density at radius 2 is 2.24 bits per heavy atom. The number of nitrogens with zero attached hydrogens (tertiary/aromatic N) is 1. The van der Waals surface area contributed by atoms with Gasteiger partial charge in [0.2, 0.25) is 5.91 Å². The average molecular weight is 253 g/mol. The second-order valence-electron chi connectivity index (χ2n) is 3.89. The number of hydrogen-bond donors (Lipinski definition) is 1. The van der Waals surface area contributed by atoms with Crippen molar-refractivity contribution in [3.05, 3.63) is 29.8 Å². The van der Waals surface area contributed by atoms with Crippen molar-refractivity contribution in [1.82, 2.24) is 4.90 Å². The van der Waals surface area contributed by atoms with Crippen molar-refractivity contribution in [3.63, 3.8) is 0 Å². The van der Waals surface area contributed by atoms with E-state index in [1.165, 1.54) is 5.56 Å². The molecule has 0 unspecified atom stereocenters. The molecule has 0 aliphatic carbocycles. The quantitative estimate of drug-likeness (QED) is 0.786. The van der Waals surface area contributed by atoms with Crippen molar-refractivity contribution in [2.24, 2.45) is 0 Å². The summed E-state index contributed by atoms with van der Waals surface area (Å²) in [5, 5.41) is 0. The standard InChI is InChI=1S/C13H19NO2S/c1-14(13(15)7-9-17)8-6-11-4-3-5-12(10-11)16-2/h3-5,10,17H,6-9H2,1-2H3. The molecule has 0 radical (unpaired) electrons. The van der Waals surface area contributed by atoms with Gasteiger partial charge in [-0.05, 0) is 29.9 Å². The molecule has 1 amide bonds. The first kappa shape index (κ1) is 13.9. The molecule has 3 nitrogen and oxygen atoms in total. The largest absolute Gasteiger partial charge is 0.497 e. The van der Waals surface area contributed by atoms with Gasteiger partial charge in [0.15, 0.2) is 0 Å². The lowest BCUT2D eigenvalue weighted by Gasteiger charge is -2.16. The molecule has 0 fully saturated rings. The van der Waals surface area contributed by atoms with Gasteiger partial charge in [0.1, 0.15) is 5.75 Å². The summed E-state index contributed by atoms with van der Waals surface area (Å²) >= 11 is 4.05. The molecule has 1 aromatic rings. The summed E-state index contributed by atoms with van der Waals surface area (Å²) in [4.78, 5) is 13.3. The van der Waals surface area contributed by atoms with E-state index in [4.69, 9.17) is 4.74 Å². The molecule has 0 N–H and O–H groups in total. The monoisotopic (exact) mass is 253 g/mol. The van der Waals surface area contributed by atoms with Crippen LogP contribution in [-0.2, 0) is 11.2 Å². The lowest BCUT2D eigenvalue weighted by atomic mass is 10.1. The Labute approximate surface area is 108 Å². The first-order valence-electron chi connectivity index (χ1n) is 5.65. The van der Waals surface area contributed by atoms with Crippen LogP contribution in [0.2, 0.25) is 0 Å². The molecule has 0 aliphatic heterocycles. The van der Waals surface area contributed by atoms with E-state index in [-0.39, 0.29) is 5.91 Å². The van der Waals surface area contributed by atoms with Crippen molar-refractivity contribution in [3.8, 4) is 5.75 Å². The van der Waals surface area contributed by atoms with E-state index in [0.29, 0.717) is 12.2 Å². The first-order chi connectivity index (χ1) is 8.17. The van der Waals surface area contributed by atoms with Gasteiger partial charge in [0.25, 0.3) is 0 Å². The van der Waals surface area contributed by atoms with Gasteiger partial charge in [-0.2, -0.15) is 12.6 Å². The van der Waals surface area contributed by atoms with Crippen LogP contribution in [0.5, 0.6) is 5.75 Å². The Morgan fingerprint density at radius 1 is 1.47 bits per heavy atom. The van der Waals surface area contributed by atoms with Crippen LogP contribution in [0.4, 0.5) is 0 Å². The number of benzene rings is 1. The summed E-state index contributed by atoms with van der Waals surface area (Å²) in [6.45, 7) is 0.722. The Morgan fingerprint density at radius 3 is 2.88 bits per heavy atom. The molecule has 0 heterocycles. The van der Waals surface area contributed by atoms with E-state index in [9.17, 15) is 4.79 Å². The highest BCUT2D eigenvalue weighted by Gasteiger charge is 2.07. The van der Waals surface area contributed by atoms with Crippen LogP contribution in [0, 0.1) is 0 Å². The maximum atomic E-state index is 11.5. The fraction of sp³-hybridized carbons (Fsp3) is 0.462. The zero-order valence-corrected chi connectivity index (χ0v) is 11.2. The summed E-state index contributed by atoms with van der Waals surface area (Å²) < 4.78 is 5.16. The molecule has 0 saturated heterocycles. The number of amides is 1. The number of likely N-dealkylation sites (N-methyl/N-ethyl adjacent to an activating group) is 1.